The van der Waals surface area contributed by atoms with Crippen molar-refractivity contribution in [1.82, 2.24) is 9.88 Å². The Hall–Kier alpha value is -0.860. The van der Waals surface area contributed by atoms with Gasteiger partial charge in [0.25, 0.3) is 15.9 Å². The van der Waals surface area contributed by atoms with E-state index in [2.05, 4.69) is 5.16 Å². The summed E-state index contributed by atoms with van der Waals surface area (Å²) in [6.07, 6.45) is 0. The van der Waals surface area contributed by atoms with Crippen LogP contribution >= 0.6 is 11.6 Å². The first-order chi connectivity index (χ1) is 9.31. The zero-order valence-electron chi connectivity index (χ0n) is 12.7. The summed E-state index contributed by atoms with van der Waals surface area (Å²) >= 11 is 5.88. The molecule has 0 atom stereocenters. The molecule has 1 N–H and O–H groups in total. The van der Waals surface area contributed by atoms with Crippen LogP contribution in [0, 0.1) is 13.8 Å². The summed E-state index contributed by atoms with van der Waals surface area (Å²) < 4.78 is 31.0. The van der Waals surface area contributed by atoms with Crippen molar-refractivity contribution in [2.75, 3.05) is 0 Å². The van der Waals surface area contributed by atoms with Gasteiger partial charge >= 0.3 is 29.6 Å². The van der Waals surface area contributed by atoms with Crippen molar-refractivity contribution in [2.45, 2.75) is 18.7 Å². The van der Waals surface area contributed by atoms with Gasteiger partial charge in [0.2, 0.25) is 0 Å². The molecule has 0 spiro atoms. The molecule has 2 aromatic rings. The molecule has 0 saturated carbocycles. The average molecular weight is 339 g/mol. The smallest absolute Gasteiger partial charge is 1.00 e. The van der Waals surface area contributed by atoms with Gasteiger partial charge in [-0.2, -0.15) is 0 Å². The number of nitrogens with zero attached hydrogens (tertiary/aromatic N) is 1. The van der Waals surface area contributed by atoms with Gasteiger partial charge in [0.05, 0.1) is 5.02 Å². The third-order valence-electron chi connectivity index (χ3n) is 2.52. The summed E-state index contributed by atoms with van der Waals surface area (Å²) in [5.41, 5.74) is 0.324. The van der Waals surface area contributed by atoms with E-state index in [4.69, 9.17) is 16.1 Å². The second-order valence-corrected chi connectivity index (χ2v) is 6.17. The fourth-order valence-electron chi connectivity index (χ4n) is 1.66. The molecular formula is C12H12ClN2NaO4S. The van der Waals surface area contributed by atoms with Crippen LogP contribution in [-0.4, -0.2) is 19.5 Å². The van der Waals surface area contributed by atoms with E-state index in [0.29, 0.717) is 11.3 Å². The van der Waals surface area contributed by atoms with Crippen LogP contribution in [0.25, 0.3) is 0 Å². The van der Waals surface area contributed by atoms with Crippen molar-refractivity contribution >= 4 is 27.5 Å². The second-order valence-electron chi connectivity index (χ2n) is 4.14. The summed E-state index contributed by atoms with van der Waals surface area (Å²) in [6, 6.07) is 5.99. The maximum Gasteiger partial charge on any atom is 1.00 e. The van der Waals surface area contributed by atoms with Crippen LogP contribution < -0.4 is 34.3 Å². The Bertz CT molecular complexity index is 759. The quantitative estimate of drug-likeness (QED) is 0.739. The number of hydrogen-bond acceptors (Lipinski definition) is 5. The van der Waals surface area contributed by atoms with Gasteiger partial charge in [-0.25, -0.2) is 13.1 Å². The van der Waals surface area contributed by atoms with Gasteiger partial charge in [-0.05, 0) is 25.5 Å². The minimum Gasteiger partial charge on any atom is -1.00 e. The van der Waals surface area contributed by atoms with Gasteiger partial charge in [-0.15, -0.1) is 0 Å². The Kier molecular flexibility index (Phi) is 6.01. The molecule has 0 aliphatic carbocycles. The molecule has 1 heterocycles. The van der Waals surface area contributed by atoms with Gasteiger partial charge in [0, 0.05) is 6.07 Å². The first kappa shape index (κ1) is 18.2. The van der Waals surface area contributed by atoms with Crippen LogP contribution in [0.4, 0.5) is 0 Å². The van der Waals surface area contributed by atoms with Crippen LogP contribution in [0.15, 0.2) is 33.7 Å². The number of amides is 1. The number of carbonyl (C=O) groups is 1. The van der Waals surface area contributed by atoms with Crippen LogP contribution in [0.1, 0.15) is 23.2 Å². The standard InChI is InChI=1S/C12H11ClN2O4S.Na.H/c1-7-4-3-5-9(13)11(7)20(17,18)15-12(16)10-6-8(2)19-14-10;;/h3-6H,1-2H3,(H,15,16);;/q;+1;-1. The zero-order valence-corrected chi connectivity index (χ0v) is 15.2. The molecule has 6 nitrogen and oxygen atoms in total. The van der Waals surface area contributed by atoms with E-state index < -0.39 is 15.9 Å². The van der Waals surface area contributed by atoms with Gasteiger partial charge in [-0.1, -0.05) is 28.9 Å². The maximum absolute atomic E-state index is 12.2. The SMILES string of the molecule is Cc1cc(C(=O)NS(=O)(=O)c2c(C)cccc2Cl)no1.[H-].[Na+]. The summed E-state index contributed by atoms with van der Waals surface area (Å²) in [4.78, 5) is 11.7. The van der Waals surface area contributed by atoms with E-state index in [0.717, 1.165) is 0 Å². The number of hydrogen-bond donors (Lipinski definition) is 1. The largest absolute Gasteiger partial charge is 1.00 e. The van der Waals surface area contributed by atoms with Crippen LogP contribution in [0.5, 0.6) is 0 Å². The summed E-state index contributed by atoms with van der Waals surface area (Å²) in [5.74, 6) is -0.470. The molecule has 108 valence electrons. The van der Waals surface area contributed by atoms with Crippen LogP contribution in [0.3, 0.4) is 0 Å². The molecule has 1 amide bonds. The van der Waals surface area contributed by atoms with E-state index >= 15 is 0 Å². The Morgan fingerprint density at radius 2 is 2.05 bits per heavy atom. The number of carbonyl (C=O) groups excluding carboxylic acids is 1. The number of aryl methyl sites for hydroxylation is 2. The molecule has 0 aliphatic rings. The molecule has 1 aromatic heterocycles. The first-order valence-corrected chi connectivity index (χ1v) is 7.43. The van der Waals surface area contributed by atoms with Crippen molar-refractivity contribution < 1.29 is 48.7 Å². The maximum atomic E-state index is 12.2. The van der Waals surface area contributed by atoms with E-state index in [-0.39, 0.29) is 46.6 Å². The number of halogens is 1. The molecule has 0 saturated heterocycles. The van der Waals surface area contributed by atoms with Crippen LogP contribution in [0.2, 0.25) is 5.02 Å². The molecule has 0 fully saturated rings. The van der Waals surface area contributed by atoms with Crippen molar-refractivity contribution in [3.05, 3.63) is 46.3 Å². The summed E-state index contributed by atoms with van der Waals surface area (Å²) in [6.45, 7) is 3.18. The molecule has 9 heteroatoms. The Morgan fingerprint density at radius 3 is 2.57 bits per heavy atom. The van der Waals surface area contributed by atoms with Gasteiger partial charge < -0.3 is 5.95 Å². The summed E-state index contributed by atoms with van der Waals surface area (Å²) in [7, 11) is -4.07. The normalized spacial score (nSPS) is 10.8. The first-order valence-electron chi connectivity index (χ1n) is 5.57. The minimum atomic E-state index is -4.07. The fraction of sp³-hybridized carbons (Fsp3) is 0.167. The van der Waals surface area contributed by atoms with Gasteiger partial charge in [0.1, 0.15) is 10.7 Å². The molecule has 0 aliphatic heterocycles. The Morgan fingerprint density at radius 1 is 1.38 bits per heavy atom. The van der Waals surface area contributed by atoms with Gasteiger partial charge in [0.15, 0.2) is 5.69 Å². The molecule has 21 heavy (non-hydrogen) atoms. The second kappa shape index (κ2) is 6.93. The zero-order chi connectivity index (χ0) is 14.9. The Labute approximate surface area is 150 Å². The molecule has 0 bridgehead atoms. The van der Waals surface area contributed by atoms with E-state index in [1.165, 1.54) is 12.1 Å². The molecule has 1 aromatic carbocycles. The van der Waals surface area contributed by atoms with Crippen LogP contribution in [-0.2, 0) is 10.0 Å². The third kappa shape index (κ3) is 4.08. The van der Waals surface area contributed by atoms with E-state index in [1.807, 2.05) is 4.72 Å². The number of nitrogens with one attached hydrogen (secondary N) is 1. The molecule has 0 unspecified atom stereocenters. The molecule has 0 radical (unpaired) electrons. The average Bonchev–Trinajstić information content (AvgIpc) is 2.74. The van der Waals surface area contributed by atoms with Crippen molar-refractivity contribution in [2.24, 2.45) is 0 Å². The van der Waals surface area contributed by atoms with E-state index in [1.54, 1.807) is 26.0 Å². The Balaban J connectivity index is 0.00000220. The topological polar surface area (TPSA) is 89.3 Å². The fourth-order valence-corrected chi connectivity index (χ4v) is 3.45. The number of sulfonamides is 1. The third-order valence-corrected chi connectivity index (χ3v) is 4.48. The predicted octanol–water partition coefficient (Wildman–Crippen LogP) is -0.820. The molecule has 2 rings (SSSR count). The number of rotatable bonds is 3. The van der Waals surface area contributed by atoms with Gasteiger partial charge in [-0.3, -0.25) is 4.79 Å². The predicted molar refractivity (Wildman–Crippen MR) is 73.2 cm³/mol. The summed E-state index contributed by atoms with van der Waals surface area (Å²) in [5, 5.41) is 3.50. The van der Waals surface area contributed by atoms with E-state index in [9.17, 15) is 13.2 Å². The van der Waals surface area contributed by atoms with Crippen molar-refractivity contribution in [3.8, 4) is 0 Å². The monoisotopic (exact) mass is 338 g/mol. The van der Waals surface area contributed by atoms with Crippen molar-refractivity contribution in [1.29, 1.82) is 0 Å². The van der Waals surface area contributed by atoms with Crippen molar-refractivity contribution in [3.63, 3.8) is 0 Å². The molecular weight excluding hydrogens is 327 g/mol. The number of benzene rings is 1. The minimum absolute atomic E-state index is 0. The number of aromatic nitrogens is 1.